The van der Waals surface area contributed by atoms with E-state index in [1.54, 1.807) is 4.90 Å². The molecule has 150 valence electrons. The maximum Gasteiger partial charge on any atom is 0.419 e. The van der Waals surface area contributed by atoms with E-state index >= 15 is 0 Å². The number of benzene rings is 1. The van der Waals surface area contributed by atoms with Crippen molar-refractivity contribution in [1.82, 2.24) is 19.6 Å². The molecule has 2 saturated heterocycles. The number of aromatic nitrogens is 2. The molecule has 1 spiro atoms. The molecule has 2 fully saturated rings. The molecule has 5 nitrogen and oxygen atoms in total. The number of nitrogens with zero attached hydrogens (tertiary/aromatic N) is 4. The topological polar surface area (TPSA) is 41.4 Å². The molecule has 1 unspecified atom stereocenters. The van der Waals surface area contributed by atoms with Gasteiger partial charge >= 0.3 is 12.2 Å². The number of hydrogen-bond acceptors (Lipinski definition) is 3. The van der Waals surface area contributed by atoms with E-state index in [-0.39, 0.29) is 5.41 Å². The summed E-state index contributed by atoms with van der Waals surface area (Å²) in [6.45, 7) is 5.95. The molecule has 4 rings (SSSR count). The van der Waals surface area contributed by atoms with Gasteiger partial charge in [-0.1, -0.05) is 29.8 Å². The van der Waals surface area contributed by atoms with Gasteiger partial charge in [-0.05, 0) is 31.9 Å². The first kappa shape index (κ1) is 19.0. The number of amides is 1. The van der Waals surface area contributed by atoms with Gasteiger partial charge in [-0.25, -0.2) is 4.79 Å². The molecule has 3 heterocycles. The molecule has 0 aliphatic carbocycles. The van der Waals surface area contributed by atoms with Gasteiger partial charge in [-0.2, -0.15) is 23.0 Å². The Morgan fingerprint density at radius 1 is 1.21 bits per heavy atom. The predicted octanol–water partition coefficient (Wildman–Crippen LogP) is 3.78. The van der Waals surface area contributed by atoms with Crippen molar-refractivity contribution in [1.29, 1.82) is 0 Å². The second-order valence-corrected chi connectivity index (χ2v) is 8.08. The fourth-order valence-electron chi connectivity index (χ4n) is 4.38. The average molecular weight is 392 g/mol. The Morgan fingerprint density at radius 2 is 2.00 bits per heavy atom. The van der Waals surface area contributed by atoms with Crippen molar-refractivity contribution in [3.63, 3.8) is 0 Å². The normalized spacial score (nSPS) is 23.1. The molecular weight excluding hydrogens is 369 g/mol. The van der Waals surface area contributed by atoms with E-state index in [1.807, 2.05) is 0 Å². The summed E-state index contributed by atoms with van der Waals surface area (Å²) >= 11 is 0. The van der Waals surface area contributed by atoms with Crippen molar-refractivity contribution in [3.05, 3.63) is 53.3 Å². The molecule has 0 radical (unpaired) electrons. The number of aryl methyl sites for hydroxylation is 1. The van der Waals surface area contributed by atoms with Crippen LogP contribution in [0.15, 0.2) is 36.7 Å². The average Bonchev–Trinajstić information content (AvgIpc) is 3.35. The van der Waals surface area contributed by atoms with Crippen LogP contribution in [0, 0.1) is 12.3 Å². The summed E-state index contributed by atoms with van der Waals surface area (Å²) in [6.07, 6.45) is -1.16. The molecule has 2 aromatic rings. The Hall–Kier alpha value is -2.35. The standard InChI is InChI=1S/C20H23F3N4O/c1-15-3-2-4-16(9-15)11-25-7-5-19(13-25)6-8-26(14-19)18(28)27-12-17(10-24-27)20(21,22)23/h2-4,9-10,12H,5-8,11,13-14H2,1H3. The SMILES string of the molecule is Cc1cccc(CN2CCC3(CCN(C(=O)n4cc(C(F)(F)F)cn4)C3)C2)c1. The van der Waals surface area contributed by atoms with Gasteiger partial charge in [0.15, 0.2) is 0 Å². The molecule has 1 aromatic carbocycles. The van der Waals surface area contributed by atoms with Gasteiger partial charge in [0, 0.05) is 37.8 Å². The number of carbonyl (C=O) groups is 1. The Bertz CT molecular complexity index is 878. The van der Waals surface area contributed by atoms with Crippen LogP contribution in [0.3, 0.4) is 0 Å². The van der Waals surface area contributed by atoms with Gasteiger partial charge in [0.05, 0.1) is 11.8 Å². The number of carbonyl (C=O) groups excluding carboxylic acids is 1. The highest BCUT2D eigenvalue weighted by Gasteiger charge is 2.45. The van der Waals surface area contributed by atoms with E-state index in [0.717, 1.165) is 43.4 Å². The number of hydrogen-bond donors (Lipinski definition) is 0. The molecule has 0 bridgehead atoms. The molecule has 1 aromatic heterocycles. The van der Waals surface area contributed by atoms with Gasteiger partial charge in [-0.3, -0.25) is 4.90 Å². The minimum atomic E-state index is -4.49. The van der Waals surface area contributed by atoms with Gasteiger partial charge in [0.25, 0.3) is 0 Å². The number of alkyl halides is 3. The summed E-state index contributed by atoms with van der Waals surface area (Å²) in [5.74, 6) is 0. The van der Waals surface area contributed by atoms with E-state index < -0.39 is 17.8 Å². The maximum absolute atomic E-state index is 12.7. The van der Waals surface area contributed by atoms with Gasteiger partial charge in [-0.15, -0.1) is 0 Å². The molecule has 0 N–H and O–H groups in total. The van der Waals surface area contributed by atoms with E-state index in [1.165, 1.54) is 11.1 Å². The first-order valence-electron chi connectivity index (χ1n) is 9.43. The lowest BCUT2D eigenvalue weighted by atomic mass is 9.86. The predicted molar refractivity (Wildman–Crippen MR) is 97.7 cm³/mol. The fourth-order valence-corrected chi connectivity index (χ4v) is 4.38. The van der Waals surface area contributed by atoms with Crippen LogP contribution in [0.1, 0.15) is 29.5 Å². The van der Waals surface area contributed by atoms with E-state index in [4.69, 9.17) is 0 Å². The second-order valence-electron chi connectivity index (χ2n) is 8.08. The Morgan fingerprint density at radius 3 is 2.71 bits per heavy atom. The molecular formula is C20H23F3N4O. The highest BCUT2D eigenvalue weighted by molar-refractivity contribution is 5.76. The van der Waals surface area contributed by atoms with Gasteiger partial charge in [0.1, 0.15) is 0 Å². The summed E-state index contributed by atoms with van der Waals surface area (Å²) < 4.78 is 39.0. The van der Waals surface area contributed by atoms with Crippen molar-refractivity contribution in [2.45, 2.75) is 32.5 Å². The molecule has 1 atom stereocenters. The van der Waals surface area contributed by atoms with Crippen LogP contribution in [0.25, 0.3) is 0 Å². The smallest absolute Gasteiger partial charge is 0.322 e. The Labute approximate surface area is 161 Å². The number of likely N-dealkylation sites (tertiary alicyclic amines) is 2. The molecule has 28 heavy (non-hydrogen) atoms. The fraction of sp³-hybridized carbons (Fsp3) is 0.500. The zero-order valence-corrected chi connectivity index (χ0v) is 15.7. The highest BCUT2D eigenvalue weighted by atomic mass is 19.4. The van der Waals surface area contributed by atoms with Crippen LogP contribution < -0.4 is 0 Å². The van der Waals surface area contributed by atoms with E-state index in [0.29, 0.717) is 19.3 Å². The first-order chi connectivity index (χ1) is 13.2. The zero-order valence-electron chi connectivity index (χ0n) is 15.7. The summed E-state index contributed by atoms with van der Waals surface area (Å²) in [5.41, 5.74) is 1.64. The Kier molecular flexibility index (Phi) is 4.69. The Balaban J connectivity index is 1.38. The molecule has 2 aliphatic heterocycles. The van der Waals surface area contributed by atoms with Crippen LogP contribution in [-0.2, 0) is 12.7 Å². The summed E-state index contributed by atoms with van der Waals surface area (Å²) in [6, 6.07) is 7.97. The van der Waals surface area contributed by atoms with Crippen molar-refractivity contribution < 1.29 is 18.0 Å². The molecule has 0 saturated carbocycles. The summed E-state index contributed by atoms with van der Waals surface area (Å²) in [4.78, 5) is 16.6. The second kappa shape index (κ2) is 6.92. The lowest BCUT2D eigenvalue weighted by Crippen LogP contribution is -2.36. The van der Waals surface area contributed by atoms with E-state index in [2.05, 4.69) is 41.2 Å². The summed E-state index contributed by atoms with van der Waals surface area (Å²) in [5, 5.41) is 3.62. The molecule has 1 amide bonds. The van der Waals surface area contributed by atoms with Crippen LogP contribution in [0.2, 0.25) is 0 Å². The van der Waals surface area contributed by atoms with Gasteiger partial charge in [0.2, 0.25) is 0 Å². The van der Waals surface area contributed by atoms with Crippen molar-refractivity contribution in [3.8, 4) is 0 Å². The van der Waals surface area contributed by atoms with Gasteiger partial charge < -0.3 is 4.90 Å². The lowest BCUT2D eigenvalue weighted by molar-refractivity contribution is -0.137. The van der Waals surface area contributed by atoms with Crippen LogP contribution >= 0.6 is 0 Å². The maximum atomic E-state index is 12.7. The number of halogens is 3. The van der Waals surface area contributed by atoms with E-state index in [9.17, 15) is 18.0 Å². The lowest BCUT2D eigenvalue weighted by Gasteiger charge is -2.24. The van der Waals surface area contributed by atoms with Crippen LogP contribution in [0.5, 0.6) is 0 Å². The van der Waals surface area contributed by atoms with Crippen molar-refractivity contribution in [2.24, 2.45) is 5.41 Å². The van der Waals surface area contributed by atoms with Crippen molar-refractivity contribution in [2.75, 3.05) is 26.2 Å². The highest BCUT2D eigenvalue weighted by Crippen LogP contribution is 2.40. The first-order valence-corrected chi connectivity index (χ1v) is 9.43. The monoisotopic (exact) mass is 392 g/mol. The van der Waals surface area contributed by atoms with Crippen LogP contribution in [-0.4, -0.2) is 51.8 Å². The largest absolute Gasteiger partial charge is 0.419 e. The summed E-state index contributed by atoms with van der Waals surface area (Å²) in [7, 11) is 0. The third kappa shape index (κ3) is 3.78. The molecule has 2 aliphatic rings. The van der Waals surface area contributed by atoms with Crippen LogP contribution in [0.4, 0.5) is 18.0 Å². The minimum absolute atomic E-state index is 0.0273. The third-order valence-electron chi connectivity index (χ3n) is 5.82. The quantitative estimate of drug-likeness (QED) is 0.781. The van der Waals surface area contributed by atoms with Crippen molar-refractivity contribution >= 4 is 6.03 Å². The minimum Gasteiger partial charge on any atom is -0.322 e. The third-order valence-corrected chi connectivity index (χ3v) is 5.82. The molecule has 8 heteroatoms. The zero-order chi connectivity index (χ0) is 19.9. The number of rotatable bonds is 2.